The average Bonchev–Trinajstić information content (AvgIpc) is 2.84. The van der Waals surface area contributed by atoms with E-state index in [4.69, 9.17) is 0 Å². The maximum atomic E-state index is 13.1. The zero-order valence-corrected chi connectivity index (χ0v) is 19.0. The van der Waals surface area contributed by atoms with E-state index in [0.717, 1.165) is 49.5 Å². The van der Waals surface area contributed by atoms with Crippen molar-refractivity contribution in [3.05, 3.63) is 42.9 Å². The van der Waals surface area contributed by atoms with Crippen LogP contribution in [0.3, 0.4) is 0 Å². The van der Waals surface area contributed by atoms with E-state index in [-0.39, 0.29) is 42.9 Å². The van der Waals surface area contributed by atoms with Gasteiger partial charge in [0.15, 0.2) is 0 Å². The van der Waals surface area contributed by atoms with Crippen LogP contribution < -0.4 is 9.64 Å². The number of sulfonamides is 1. The maximum absolute atomic E-state index is 13.1. The van der Waals surface area contributed by atoms with Gasteiger partial charge < -0.3 is 14.5 Å². The van der Waals surface area contributed by atoms with Gasteiger partial charge in [0.25, 0.3) is 0 Å². The lowest BCUT2D eigenvalue weighted by atomic mass is 9.96. The lowest BCUT2D eigenvalue weighted by Crippen LogP contribution is -2.53. The predicted molar refractivity (Wildman–Crippen MR) is 115 cm³/mol. The largest absolute Gasteiger partial charge is 0.573 e. The van der Waals surface area contributed by atoms with E-state index >= 15 is 0 Å². The molecule has 4 rings (SSSR count). The van der Waals surface area contributed by atoms with Crippen molar-refractivity contribution < 1.29 is 31.1 Å². The van der Waals surface area contributed by atoms with Crippen molar-refractivity contribution in [1.29, 1.82) is 0 Å². The van der Waals surface area contributed by atoms with Gasteiger partial charge in [-0.25, -0.2) is 13.4 Å². The van der Waals surface area contributed by atoms with Crippen molar-refractivity contribution in [2.75, 3.05) is 44.2 Å². The second-order valence-corrected chi connectivity index (χ2v) is 10.0. The smallest absolute Gasteiger partial charge is 0.406 e. The molecular weight excluding hydrogens is 475 g/mol. The van der Waals surface area contributed by atoms with Crippen LogP contribution in [-0.4, -0.2) is 79.1 Å². The highest BCUT2D eigenvalue weighted by molar-refractivity contribution is 7.89. The molecule has 1 amide bonds. The number of rotatable bonds is 5. The average molecular weight is 500 g/mol. The Morgan fingerprint density at radius 3 is 2.35 bits per heavy atom. The standard InChI is InChI=1S/C21H24F3N5O4S/c22-21(23,24)33-17-3-5-18(6-4-17)34(31,32)29-12-10-27(11-13-29)20(30)16-2-1-9-28(15-16)19-14-25-7-8-26-19/h3-8,14,16H,1-2,9-13,15H2/t16-/m0/s1. The molecule has 0 unspecified atom stereocenters. The number of aromatic nitrogens is 2. The number of ether oxygens (including phenoxy) is 1. The van der Waals surface area contributed by atoms with Crippen LogP contribution in [0.5, 0.6) is 5.75 Å². The molecule has 184 valence electrons. The molecule has 2 aliphatic rings. The van der Waals surface area contributed by atoms with Crippen LogP contribution in [0.2, 0.25) is 0 Å². The van der Waals surface area contributed by atoms with Crippen LogP contribution in [0.4, 0.5) is 19.0 Å². The molecule has 0 bridgehead atoms. The molecule has 1 atom stereocenters. The van der Waals surface area contributed by atoms with Crippen LogP contribution in [0, 0.1) is 5.92 Å². The molecule has 34 heavy (non-hydrogen) atoms. The Bertz CT molecular complexity index is 1090. The minimum Gasteiger partial charge on any atom is -0.406 e. The number of anilines is 1. The first-order chi connectivity index (χ1) is 16.1. The molecule has 1 aromatic heterocycles. The van der Waals surface area contributed by atoms with Gasteiger partial charge in [0.1, 0.15) is 11.6 Å². The molecule has 2 aromatic rings. The van der Waals surface area contributed by atoms with Crippen molar-refractivity contribution in [1.82, 2.24) is 19.2 Å². The third kappa shape index (κ3) is 5.58. The van der Waals surface area contributed by atoms with E-state index in [1.165, 1.54) is 4.31 Å². The van der Waals surface area contributed by atoms with Crippen LogP contribution in [0.1, 0.15) is 12.8 Å². The fourth-order valence-corrected chi connectivity index (χ4v) is 5.63. The zero-order valence-electron chi connectivity index (χ0n) is 18.2. The summed E-state index contributed by atoms with van der Waals surface area (Å²) in [5.41, 5.74) is 0. The minimum atomic E-state index is -4.85. The first-order valence-corrected chi connectivity index (χ1v) is 12.2. The maximum Gasteiger partial charge on any atom is 0.573 e. The molecule has 0 aliphatic carbocycles. The molecule has 0 spiro atoms. The van der Waals surface area contributed by atoms with Gasteiger partial charge in [-0.15, -0.1) is 13.2 Å². The van der Waals surface area contributed by atoms with Crippen molar-refractivity contribution >= 4 is 21.7 Å². The Balaban J connectivity index is 1.34. The number of benzene rings is 1. The van der Waals surface area contributed by atoms with Crippen molar-refractivity contribution in [2.24, 2.45) is 5.92 Å². The fourth-order valence-electron chi connectivity index (χ4n) is 4.21. The third-order valence-corrected chi connectivity index (χ3v) is 7.80. The summed E-state index contributed by atoms with van der Waals surface area (Å²) < 4.78 is 67.8. The van der Waals surface area contributed by atoms with Crippen LogP contribution in [-0.2, 0) is 14.8 Å². The Kier molecular flexibility index (Phi) is 6.94. The number of piperidine rings is 1. The molecule has 2 fully saturated rings. The number of nitrogens with zero attached hydrogens (tertiary/aromatic N) is 5. The molecule has 3 heterocycles. The summed E-state index contributed by atoms with van der Waals surface area (Å²) in [5, 5.41) is 0. The van der Waals surface area contributed by atoms with Gasteiger partial charge in [-0.05, 0) is 37.1 Å². The predicted octanol–water partition coefficient (Wildman–Crippen LogP) is 2.12. The topological polar surface area (TPSA) is 95.9 Å². The Morgan fingerprint density at radius 2 is 1.74 bits per heavy atom. The van der Waals surface area contributed by atoms with Gasteiger partial charge in [-0.1, -0.05) is 0 Å². The van der Waals surface area contributed by atoms with E-state index < -0.39 is 22.1 Å². The normalized spacial score (nSPS) is 20.3. The molecule has 13 heteroatoms. The molecule has 0 N–H and O–H groups in total. The molecule has 0 saturated carbocycles. The second kappa shape index (κ2) is 9.74. The van der Waals surface area contributed by atoms with E-state index in [1.807, 2.05) is 4.90 Å². The molecule has 0 radical (unpaired) electrons. The summed E-state index contributed by atoms with van der Waals surface area (Å²) in [7, 11) is -3.91. The van der Waals surface area contributed by atoms with Gasteiger partial charge in [0.2, 0.25) is 15.9 Å². The van der Waals surface area contributed by atoms with Crippen molar-refractivity contribution in [2.45, 2.75) is 24.1 Å². The lowest BCUT2D eigenvalue weighted by Gasteiger charge is -2.38. The molecule has 2 aliphatic heterocycles. The van der Waals surface area contributed by atoms with Gasteiger partial charge in [-0.3, -0.25) is 9.78 Å². The molecule has 9 nitrogen and oxygen atoms in total. The van der Waals surface area contributed by atoms with Crippen LogP contribution >= 0.6 is 0 Å². The number of alkyl halides is 3. The Morgan fingerprint density at radius 1 is 1.03 bits per heavy atom. The van der Waals surface area contributed by atoms with Gasteiger partial charge in [-0.2, -0.15) is 4.31 Å². The van der Waals surface area contributed by atoms with Crippen LogP contribution in [0.25, 0.3) is 0 Å². The summed E-state index contributed by atoms with van der Waals surface area (Å²) in [5.74, 6) is 0.00632. The highest BCUT2D eigenvalue weighted by atomic mass is 32.2. The third-order valence-electron chi connectivity index (χ3n) is 5.89. The summed E-state index contributed by atoms with van der Waals surface area (Å²) in [6.45, 7) is 2.03. The number of piperazine rings is 1. The van der Waals surface area contributed by atoms with E-state index in [1.54, 1.807) is 23.5 Å². The highest BCUT2D eigenvalue weighted by Gasteiger charge is 2.35. The molecule has 1 aromatic carbocycles. The summed E-state index contributed by atoms with van der Waals surface area (Å²) in [6, 6.07) is 4.09. The molecule has 2 saturated heterocycles. The number of hydrogen-bond acceptors (Lipinski definition) is 7. The van der Waals surface area contributed by atoms with Crippen LogP contribution in [0.15, 0.2) is 47.8 Å². The Hall–Kier alpha value is -2.93. The first kappa shape index (κ1) is 24.2. The zero-order chi connectivity index (χ0) is 24.3. The summed E-state index contributed by atoms with van der Waals surface area (Å²) >= 11 is 0. The van der Waals surface area contributed by atoms with E-state index in [0.29, 0.717) is 6.54 Å². The van der Waals surface area contributed by atoms with Gasteiger partial charge in [0, 0.05) is 51.7 Å². The van der Waals surface area contributed by atoms with Gasteiger partial charge >= 0.3 is 6.36 Å². The van der Waals surface area contributed by atoms with Crippen molar-refractivity contribution in [3.8, 4) is 5.75 Å². The summed E-state index contributed by atoms with van der Waals surface area (Å²) in [4.78, 5) is 25.1. The van der Waals surface area contributed by atoms with Gasteiger partial charge in [0.05, 0.1) is 17.0 Å². The first-order valence-electron chi connectivity index (χ1n) is 10.8. The minimum absolute atomic E-state index is 0.0145. The second-order valence-electron chi connectivity index (χ2n) is 8.10. The highest BCUT2D eigenvalue weighted by Crippen LogP contribution is 2.27. The van der Waals surface area contributed by atoms with Crippen molar-refractivity contribution in [3.63, 3.8) is 0 Å². The van der Waals surface area contributed by atoms with E-state index in [2.05, 4.69) is 14.7 Å². The number of halogens is 3. The quantitative estimate of drug-likeness (QED) is 0.622. The Labute approximate surface area is 195 Å². The number of amides is 1. The number of carbonyl (C=O) groups is 1. The lowest BCUT2D eigenvalue weighted by molar-refractivity contribution is -0.274. The number of carbonyl (C=O) groups excluding carboxylic acids is 1. The monoisotopic (exact) mass is 499 g/mol. The van der Waals surface area contributed by atoms with E-state index in [9.17, 15) is 26.4 Å². The fraction of sp³-hybridized carbons (Fsp3) is 0.476. The molecular formula is C21H24F3N5O4S. The SMILES string of the molecule is O=C([C@H]1CCCN(c2cnccn2)C1)N1CCN(S(=O)(=O)c2ccc(OC(F)(F)F)cc2)CC1. The number of hydrogen-bond donors (Lipinski definition) is 0. The summed E-state index contributed by atoms with van der Waals surface area (Å²) in [6.07, 6.45) is 1.60.